The van der Waals surface area contributed by atoms with Gasteiger partial charge < -0.3 is 4.57 Å². The summed E-state index contributed by atoms with van der Waals surface area (Å²) in [6.07, 6.45) is 3.86. The van der Waals surface area contributed by atoms with Crippen molar-refractivity contribution in [3.8, 4) is 0 Å². The largest absolute Gasteiger partial charge is 0.347 e. The number of rotatable bonds is 3. The summed E-state index contributed by atoms with van der Waals surface area (Å²) in [6, 6.07) is 8.92. The fourth-order valence-corrected chi connectivity index (χ4v) is 2.43. The minimum absolute atomic E-state index is 0.0264. The van der Waals surface area contributed by atoms with Gasteiger partial charge in [-0.2, -0.15) is 0 Å². The van der Waals surface area contributed by atoms with E-state index in [1.54, 1.807) is 36.0 Å². The summed E-state index contributed by atoms with van der Waals surface area (Å²) in [4.78, 5) is 13.3. The fourth-order valence-electron chi connectivity index (χ4n) is 1.68. The standard InChI is InChI=1S/C13H12ClNOS/c1-15-8-7-11(17-2)12(15)13(16)9-3-5-10(14)6-4-9/h3-8H,1-2H3. The van der Waals surface area contributed by atoms with Crippen molar-refractivity contribution < 1.29 is 4.79 Å². The van der Waals surface area contributed by atoms with Crippen LogP contribution in [0.1, 0.15) is 16.1 Å². The molecule has 0 aliphatic heterocycles. The van der Waals surface area contributed by atoms with Crippen molar-refractivity contribution in [3.05, 3.63) is 52.8 Å². The van der Waals surface area contributed by atoms with E-state index in [1.807, 2.05) is 30.1 Å². The van der Waals surface area contributed by atoms with E-state index in [0.717, 1.165) is 10.6 Å². The smallest absolute Gasteiger partial charge is 0.210 e. The Balaban J connectivity index is 2.43. The number of carbonyl (C=O) groups excluding carboxylic acids is 1. The van der Waals surface area contributed by atoms with Crippen LogP contribution in [0.25, 0.3) is 0 Å². The highest BCUT2D eigenvalue weighted by molar-refractivity contribution is 7.98. The first-order chi connectivity index (χ1) is 8.13. The van der Waals surface area contributed by atoms with Crippen LogP contribution >= 0.6 is 23.4 Å². The summed E-state index contributed by atoms with van der Waals surface area (Å²) in [5.74, 6) is 0.0264. The van der Waals surface area contributed by atoms with Crippen LogP contribution in [0.4, 0.5) is 0 Å². The Kier molecular flexibility index (Phi) is 3.60. The number of nitrogens with zero attached hydrogens (tertiary/aromatic N) is 1. The number of thioether (sulfide) groups is 1. The fraction of sp³-hybridized carbons (Fsp3) is 0.154. The first kappa shape index (κ1) is 12.3. The first-order valence-electron chi connectivity index (χ1n) is 5.13. The second-order valence-corrected chi connectivity index (χ2v) is 4.96. The molecule has 0 N–H and O–H groups in total. The lowest BCUT2D eigenvalue weighted by atomic mass is 10.1. The third-order valence-corrected chi connectivity index (χ3v) is 3.60. The molecule has 17 heavy (non-hydrogen) atoms. The highest BCUT2D eigenvalue weighted by atomic mass is 35.5. The topological polar surface area (TPSA) is 22.0 Å². The summed E-state index contributed by atoms with van der Waals surface area (Å²) in [7, 11) is 1.88. The Morgan fingerprint density at radius 1 is 1.24 bits per heavy atom. The molecule has 1 heterocycles. The second-order valence-electron chi connectivity index (χ2n) is 3.68. The zero-order chi connectivity index (χ0) is 12.4. The number of hydrogen-bond acceptors (Lipinski definition) is 2. The van der Waals surface area contributed by atoms with E-state index < -0.39 is 0 Å². The number of carbonyl (C=O) groups is 1. The monoisotopic (exact) mass is 265 g/mol. The zero-order valence-electron chi connectivity index (χ0n) is 9.61. The number of aryl methyl sites for hydroxylation is 1. The van der Waals surface area contributed by atoms with Gasteiger partial charge in [-0.15, -0.1) is 11.8 Å². The molecule has 88 valence electrons. The normalized spacial score (nSPS) is 10.5. The summed E-state index contributed by atoms with van der Waals surface area (Å²) in [6.45, 7) is 0. The van der Waals surface area contributed by atoms with Gasteiger partial charge in [-0.25, -0.2) is 0 Å². The minimum Gasteiger partial charge on any atom is -0.347 e. The molecule has 4 heteroatoms. The average molecular weight is 266 g/mol. The Bertz CT molecular complexity index is 545. The van der Waals surface area contributed by atoms with Gasteiger partial charge in [0.1, 0.15) is 5.69 Å². The quantitative estimate of drug-likeness (QED) is 0.624. The average Bonchev–Trinajstić information content (AvgIpc) is 2.70. The molecule has 0 bridgehead atoms. The number of benzene rings is 1. The number of hydrogen-bond donors (Lipinski definition) is 0. The molecular weight excluding hydrogens is 254 g/mol. The molecule has 0 radical (unpaired) electrons. The Labute approximate surface area is 110 Å². The highest BCUT2D eigenvalue weighted by Crippen LogP contribution is 2.24. The molecule has 2 nitrogen and oxygen atoms in total. The predicted molar refractivity (Wildman–Crippen MR) is 72.1 cm³/mol. The van der Waals surface area contributed by atoms with Crippen molar-refractivity contribution in [2.75, 3.05) is 6.26 Å². The number of halogens is 1. The molecule has 0 spiro atoms. The van der Waals surface area contributed by atoms with Gasteiger partial charge in [0.05, 0.1) is 0 Å². The zero-order valence-corrected chi connectivity index (χ0v) is 11.2. The maximum Gasteiger partial charge on any atom is 0.210 e. The molecule has 1 aromatic heterocycles. The Morgan fingerprint density at radius 2 is 1.88 bits per heavy atom. The van der Waals surface area contributed by atoms with E-state index in [2.05, 4.69) is 0 Å². The van der Waals surface area contributed by atoms with E-state index in [0.29, 0.717) is 10.6 Å². The minimum atomic E-state index is 0.0264. The third kappa shape index (κ3) is 2.40. The Hall–Kier alpha value is -1.19. The van der Waals surface area contributed by atoms with Crippen molar-refractivity contribution in [2.24, 2.45) is 7.05 Å². The van der Waals surface area contributed by atoms with Crippen LogP contribution in [0, 0.1) is 0 Å². The highest BCUT2D eigenvalue weighted by Gasteiger charge is 2.16. The maximum atomic E-state index is 12.3. The second kappa shape index (κ2) is 4.98. The van der Waals surface area contributed by atoms with Crippen molar-refractivity contribution in [1.82, 2.24) is 4.57 Å². The van der Waals surface area contributed by atoms with Crippen molar-refractivity contribution >= 4 is 29.1 Å². The molecule has 0 unspecified atom stereocenters. The number of aromatic nitrogens is 1. The molecule has 0 saturated carbocycles. The summed E-state index contributed by atoms with van der Waals surface area (Å²) >= 11 is 7.39. The van der Waals surface area contributed by atoms with Gasteiger partial charge in [-0.3, -0.25) is 4.79 Å². The molecule has 0 atom stereocenters. The summed E-state index contributed by atoms with van der Waals surface area (Å²) in [5.41, 5.74) is 1.38. The van der Waals surface area contributed by atoms with Crippen molar-refractivity contribution in [1.29, 1.82) is 0 Å². The van der Waals surface area contributed by atoms with Gasteiger partial charge in [-0.1, -0.05) is 11.6 Å². The Morgan fingerprint density at radius 3 is 2.47 bits per heavy atom. The van der Waals surface area contributed by atoms with Gasteiger partial charge in [0.25, 0.3) is 0 Å². The maximum absolute atomic E-state index is 12.3. The van der Waals surface area contributed by atoms with Gasteiger partial charge in [0.2, 0.25) is 5.78 Å². The van der Waals surface area contributed by atoms with E-state index in [9.17, 15) is 4.79 Å². The van der Waals surface area contributed by atoms with Crippen LogP contribution in [0.3, 0.4) is 0 Å². The molecule has 0 saturated heterocycles. The van der Waals surface area contributed by atoms with Crippen LogP contribution < -0.4 is 0 Å². The van der Waals surface area contributed by atoms with Gasteiger partial charge in [0, 0.05) is 28.7 Å². The van der Waals surface area contributed by atoms with Crippen LogP contribution in [-0.4, -0.2) is 16.6 Å². The molecular formula is C13H12ClNOS. The lowest BCUT2D eigenvalue weighted by molar-refractivity contribution is 0.102. The van der Waals surface area contributed by atoms with E-state index in [-0.39, 0.29) is 5.78 Å². The molecule has 2 rings (SSSR count). The molecule has 1 aromatic carbocycles. The first-order valence-corrected chi connectivity index (χ1v) is 6.73. The van der Waals surface area contributed by atoms with Crippen LogP contribution in [0.15, 0.2) is 41.4 Å². The lowest BCUT2D eigenvalue weighted by Gasteiger charge is -2.05. The number of ketones is 1. The molecule has 2 aromatic rings. The van der Waals surface area contributed by atoms with Crippen LogP contribution in [0.2, 0.25) is 5.02 Å². The SMILES string of the molecule is CSc1ccn(C)c1C(=O)c1ccc(Cl)cc1. The molecule has 0 aliphatic rings. The summed E-state index contributed by atoms with van der Waals surface area (Å²) < 4.78 is 1.85. The van der Waals surface area contributed by atoms with Gasteiger partial charge in [-0.05, 0) is 36.6 Å². The van der Waals surface area contributed by atoms with Gasteiger partial charge in [0.15, 0.2) is 0 Å². The predicted octanol–water partition coefficient (Wildman–Crippen LogP) is 3.63. The van der Waals surface area contributed by atoms with Crippen LogP contribution in [-0.2, 0) is 7.05 Å². The van der Waals surface area contributed by atoms with Gasteiger partial charge >= 0.3 is 0 Å². The van der Waals surface area contributed by atoms with Crippen molar-refractivity contribution in [2.45, 2.75) is 4.90 Å². The van der Waals surface area contributed by atoms with Crippen LogP contribution in [0.5, 0.6) is 0 Å². The van der Waals surface area contributed by atoms with E-state index in [4.69, 9.17) is 11.6 Å². The molecule has 0 aliphatic carbocycles. The lowest BCUT2D eigenvalue weighted by Crippen LogP contribution is -2.07. The molecule has 0 amide bonds. The molecule has 0 fully saturated rings. The summed E-state index contributed by atoms with van der Waals surface area (Å²) in [5, 5.41) is 0.638. The third-order valence-electron chi connectivity index (χ3n) is 2.58. The van der Waals surface area contributed by atoms with E-state index in [1.165, 1.54) is 0 Å². The van der Waals surface area contributed by atoms with Crippen molar-refractivity contribution in [3.63, 3.8) is 0 Å². The van der Waals surface area contributed by atoms with E-state index >= 15 is 0 Å².